The fraction of sp³-hybridized carbons (Fsp3) is 0.500. The van der Waals surface area contributed by atoms with Crippen LogP contribution in [0, 0.1) is 0 Å². The summed E-state index contributed by atoms with van der Waals surface area (Å²) in [5.41, 5.74) is -0.305. The van der Waals surface area contributed by atoms with Crippen molar-refractivity contribution in [1.29, 1.82) is 0 Å². The lowest BCUT2D eigenvalue weighted by molar-refractivity contribution is -0.139. The standard InChI is InChI=1S/C16H22N4O5/c1-5-6-7-20-11(13(22)17-9-12(21)25-4)8-10-14(20)18(2)16(24)19(3)15(10)23/h8H,5-7,9H2,1-4H3,(H,17,22). The second kappa shape index (κ2) is 7.37. The van der Waals surface area contributed by atoms with Gasteiger partial charge in [-0.1, -0.05) is 13.3 Å². The Labute approximate surface area is 143 Å². The Kier molecular flexibility index (Phi) is 5.45. The highest BCUT2D eigenvalue weighted by Gasteiger charge is 2.21. The van der Waals surface area contributed by atoms with E-state index in [0.29, 0.717) is 12.2 Å². The molecular weight excluding hydrogens is 328 g/mol. The van der Waals surface area contributed by atoms with Crippen LogP contribution in [0.3, 0.4) is 0 Å². The van der Waals surface area contributed by atoms with Gasteiger partial charge in [-0.15, -0.1) is 0 Å². The molecule has 9 heteroatoms. The third-order valence-corrected chi connectivity index (χ3v) is 4.08. The average Bonchev–Trinajstić information content (AvgIpc) is 3.00. The number of unbranched alkanes of at least 4 members (excludes halogenated alkanes) is 1. The molecule has 0 aliphatic heterocycles. The lowest BCUT2D eigenvalue weighted by Gasteiger charge is -2.12. The normalized spacial score (nSPS) is 10.9. The van der Waals surface area contributed by atoms with Crippen LogP contribution in [0.1, 0.15) is 30.3 Å². The molecular formula is C16H22N4O5. The summed E-state index contributed by atoms with van der Waals surface area (Å²) in [6.07, 6.45) is 1.64. The highest BCUT2D eigenvalue weighted by Crippen LogP contribution is 2.16. The number of rotatable bonds is 6. The Bertz CT molecular complexity index is 935. The van der Waals surface area contributed by atoms with E-state index in [4.69, 9.17) is 0 Å². The first-order chi connectivity index (χ1) is 11.8. The number of carbonyl (C=O) groups excluding carboxylic acids is 2. The van der Waals surface area contributed by atoms with Gasteiger partial charge in [-0.3, -0.25) is 23.5 Å². The Morgan fingerprint density at radius 1 is 1.20 bits per heavy atom. The monoisotopic (exact) mass is 350 g/mol. The minimum Gasteiger partial charge on any atom is -0.468 e. The van der Waals surface area contributed by atoms with Gasteiger partial charge in [-0.05, 0) is 12.5 Å². The van der Waals surface area contributed by atoms with E-state index < -0.39 is 23.1 Å². The van der Waals surface area contributed by atoms with E-state index in [2.05, 4.69) is 10.1 Å². The van der Waals surface area contributed by atoms with Crippen molar-refractivity contribution in [3.63, 3.8) is 0 Å². The zero-order valence-corrected chi connectivity index (χ0v) is 14.8. The van der Waals surface area contributed by atoms with Crippen molar-refractivity contribution in [3.05, 3.63) is 32.6 Å². The lowest BCUT2D eigenvalue weighted by Crippen LogP contribution is -2.37. The number of amides is 1. The van der Waals surface area contributed by atoms with Crippen LogP contribution in [-0.4, -0.2) is 39.2 Å². The summed E-state index contributed by atoms with van der Waals surface area (Å²) in [4.78, 5) is 48.3. The number of aryl methyl sites for hydroxylation is 2. The van der Waals surface area contributed by atoms with Gasteiger partial charge in [0.15, 0.2) is 0 Å². The molecule has 9 nitrogen and oxygen atoms in total. The predicted molar refractivity (Wildman–Crippen MR) is 91.7 cm³/mol. The molecule has 2 aromatic rings. The number of nitrogens with one attached hydrogen (secondary N) is 1. The number of nitrogens with zero attached hydrogens (tertiary/aromatic N) is 3. The second-order valence-electron chi connectivity index (χ2n) is 5.74. The number of aromatic nitrogens is 3. The van der Waals surface area contributed by atoms with Crippen molar-refractivity contribution < 1.29 is 14.3 Å². The van der Waals surface area contributed by atoms with Gasteiger partial charge in [0.05, 0.1) is 12.5 Å². The van der Waals surface area contributed by atoms with Crippen LogP contribution in [0.5, 0.6) is 0 Å². The first-order valence-corrected chi connectivity index (χ1v) is 7.97. The minimum atomic E-state index is -0.576. The van der Waals surface area contributed by atoms with Crippen LogP contribution < -0.4 is 16.6 Å². The van der Waals surface area contributed by atoms with Crippen LogP contribution >= 0.6 is 0 Å². The number of fused-ring (bicyclic) bond motifs is 1. The fourth-order valence-corrected chi connectivity index (χ4v) is 2.69. The molecule has 0 aliphatic rings. The van der Waals surface area contributed by atoms with Crippen molar-refractivity contribution in [3.8, 4) is 0 Å². The molecule has 2 rings (SSSR count). The molecule has 0 spiro atoms. The maximum atomic E-state index is 12.5. The van der Waals surface area contributed by atoms with E-state index in [-0.39, 0.29) is 17.6 Å². The minimum absolute atomic E-state index is 0.227. The molecule has 1 amide bonds. The summed E-state index contributed by atoms with van der Waals surface area (Å²) in [5, 5.41) is 2.75. The van der Waals surface area contributed by atoms with Crippen molar-refractivity contribution in [2.45, 2.75) is 26.3 Å². The van der Waals surface area contributed by atoms with Gasteiger partial charge in [0.2, 0.25) is 0 Å². The van der Waals surface area contributed by atoms with Gasteiger partial charge in [0.25, 0.3) is 11.5 Å². The van der Waals surface area contributed by atoms with E-state index in [1.807, 2.05) is 6.92 Å². The summed E-state index contributed by atoms with van der Waals surface area (Å²) in [7, 11) is 4.18. The molecule has 25 heavy (non-hydrogen) atoms. The summed E-state index contributed by atoms with van der Waals surface area (Å²) in [6.45, 7) is 2.20. The molecule has 2 heterocycles. The van der Waals surface area contributed by atoms with Gasteiger partial charge in [0, 0.05) is 20.6 Å². The molecule has 0 saturated heterocycles. The number of hydrogen-bond donors (Lipinski definition) is 1. The highest BCUT2D eigenvalue weighted by molar-refractivity contribution is 5.99. The van der Waals surface area contributed by atoms with Crippen LogP contribution in [-0.2, 0) is 30.2 Å². The maximum absolute atomic E-state index is 12.5. The van der Waals surface area contributed by atoms with Gasteiger partial charge < -0.3 is 14.6 Å². The number of carbonyl (C=O) groups is 2. The third kappa shape index (κ3) is 3.35. The molecule has 0 radical (unpaired) electrons. The summed E-state index contributed by atoms with van der Waals surface area (Å²) >= 11 is 0. The lowest BCUT2D eigenvalue weighted by atomic mass is 10.3. The fourth-order valence-electron chi connectivity index (χ4n) is 2.69. The molecule has 0 saturated carbocycles. The van der Waals surface area contributed by atoms with Crippen molar-refractivity contribution >= 4 is 22.9 Å². The van der Waals surface area contributed by atoms with E-state index in [1.165, 1.54) is 24.8 Å². The molecule has 136 valence electrons. The predicted octanol–water partition coefficient (Wildman–Crippen LogP) is -0.258. The first-order valence-electron chi connectivity index (χ1n) is 7.97. The van der Waals surface area contributed by atoms with E-state index >= 15 is 0 Å². The molecule has 0 unspecified atom stereocenters. The van der Waals surface area contributed by atoms with Crippen molar-refractivity contribution in [2.75, 3.05) is 13.7 Å². The molecule has 0 bridgehead atoms. The van der Waals surface area contributed by atoms with E-state index in [9.17, 15) is 19.2 Å². The van der Waals surface area contributed by atoms with Crippen LogP contribution in [0.2, 0.25) is 0 Å². The third-order valence-electron chi connectivity index (χ3n) is 4.08. The Morgan fingerprint density at radius 2 is 1.88 bits per heavy atom. The van der Waals surface area contributed by atoms with E-state index in [0.717, 1.165) is 17.4 Å². The summed E-state index contributed by atoms with van der Waals surface area (Å²) in [5.74, 6) is -1.08. The molecule has 0 fully saturated rings. The Hall–Kier alpha value is -2.84. The number of hydrogen-bond acceptors (Lipinski definition) is 5. The number of ether oxygens (including phenoxy) is 1. The highest BCUT2D eigenvalue weighted by atomic mass is 16.5. The zero-order chi connectivity index (χ0) is 18.7. The number of esters is 1. The van der Waals surface area contributed by atoms with Gasteiger partial charge in [-0.25, -0.2) is 4.79 Å². The average molecular weight is 350 g/mol. The SMILES string of the molecule is CCCCn1c(C(=O)NCC(=O)OC)cc2c(=O)n(C)c(=O)n(C)c21. The molecule has 0 atom stereocenters. The maximum Gasteiger partial charge on any atom is 0.332 e. The van der Waals surface area contributed by atoms with Crippen LogP contribution in [0.25, 0.3) is 11.0 Å². The Morgan fingerprint density at radius 3 is 2.48 bits per heavy atom. The zero-order valence-electron chi connectivity index (χ0n) is 14.8. The Balaban J connectivity index is 2.63. The second-order valence-corrected chi connectivity index (χ2v) is 5.74. The van der Waals surface area contributed by atoms with Gasteiger partial charge in [-0.2, -0.15) is 0 Å². The molecule has 1 N–H and O–H groups in total. The topological polar surface area (TPSA) is 104 Å². The molecule has 0 aromatic carbocycles. The quantitative estimate of drug-likeness (QED) is 0.723. The number of methoxy groups -OCH3 is 1. The largest absolute Gasteiger partial charge is 0.468 e. The molecule has 2 aromatic heterocycles. The van der Waals surface area contributed by atoms with Gasteiger partial charge >= 0.3 is 11.7 Å². The molecule has 0 aliphatic carbocycles. The first kappa shape index (κ1) is 18.5. The van der Waals surface area contributed by atoms with Crippen LogP contribution in [0.15, 0.2) is 15.7 Å². The van der Waals surface area contributed by atoms with Crippen molar-refractivity contribution in [1.82, 2.24) is 19.0 Å². The van der Waals surface area contributed by atoms with E-state index in [1.54, 1.807) is 11.6 Å². The van der Waals surface area contributed by atoms with Crippen molar-refractivity contribution in [2.24, 2.45) is 14.1 Å². The summed E-state index contributed by atoms with van der Waals surface area (Å²) < 4.78 is 8.50. The smallest absolute Gasteiger partial charge is 0.332 e. The van der Waals surface area contributed by atoms with Crippen LogP contribution in [0.4, 0.5) is 0 Å². The van der Waals surface area contributed by atoms with Gasteiger partial charge in [0.1, 0.15) is 17.9 Å². The summed E-state index contributed by atoms with van der Waals surface area (Å²) in [6, 6.07) is 1.46.